The Morgan fingerprint density at radius 1 is 0.923 bits per heavy atom. The number of halogens is 2. The van der Waals surface area contributed by atoms with E-state index in [4.69, 9.17) is 10.9 Å². The van der Waals surface area contributed by atoms with Crippen LogP contribution >= 0.6 is 0 Å². The van der Waals surface area contributed by atoms with Crippen LogP contribution < -0.4 is 5.73 Å². The number of rotatable bonds is 3. The Hall–Kier alpha value is -3.41. The molecule has 4 nitrogen and oxygen atoms in total. The Bertz CT molecular complexity index is 999. The molecule has 6 heteroatoms. The van der Waals surface area contributed by atoms with Gasteiger partial charge in [-0.15, -0.1) is 0 Å². The van der Waals surface area contributed by atoms with E-state index in [0.29, 0.717) is 22.3 Å². The number of phenolic OH excluding ortho intramolecular Hbond substituents is 1. The van der Waals surface area contributed by atoms with Gasteiger partial charge in [-0.1, -0.05) is 23.4 Å². The molecule has 0 bridgehead atoms. The summed E-state index contributed by atoms with van der Waals surface area (Å²) in [6.07, 6.45) is 0. The van der Waals surface area contributed by atoms with E-state index in [-0.39, 0.29) is 17.1 Å². The number of aromatic hydroxyl groups is 1. The summed E-state index contributed by atoms with van der Waals surface area (Å²) in [5.41, 5.74) is 8.59. The van der Waals surface area contributed by atoms with Gasteiger partial charge in [-0.3, -0.25) is 0 Å². The summed E-state index contributed by atoms with van der Waals surface area (Å²) in [6, 6.07) is 12.8. The van der Waals surface area contributed by atoms with Crippen LogP contribution in [-0.4, -0.2) is 16.1 Å². The molecule has 0 radical (unpaired) electrons. The minimum absolute atomic E-state index is 0.0605. The van der Waals surface area contributed by atoms with Gasteiger partial charge in [0, 0.05) is 11.1 Å². The van der Waals surface area contributed by atoms with Crippen LogP contribution in [0.25, 0.3) is 22.3 Å². The van der Waals surface area contributed by atoms with Crippen LogP contribution in [0.2, 0.25) is 0 Å². The van der Waals surface area contributed by atoms with E-state index in [2.05, 4.69) is 5.16 Å². The van der Waals surface area contributed by atoms with Crippen molar-refractivity contribution in [2.75, 3.05) is 0 Å². The summed E-state index contributed by atoms with van der Waals surface area (Å²) in [4.78, 5) is 0. The summed E-state index contributed by atoms with van der Waals surface area (Å²) in [5, 5.41) is 21.6. The lowest BCUT2D eigenvalue weighted by atomic mass is 9.88. The highest BCUT2D eigenvalue weighted by Crippen LogP contribution is 2.38. The quantitative estimate of drug-likeness (QED) is 0.282. The molecular formula is C20H16F2N2O2. The van der Waals surface area contributed by atoms with Crippen molar-refractivity contribution in [1.29, 1.82) is 0 Å². The lowest BCUT2D eigenvalue weighted by molar-refractivity contribution is 0.318. The normalized spacial score (nSPS) is 11.6. The van der Waals surface area contributed by atoms with Gasteiger partial charge < -0.3 is 16.0 Å². The summed E-state index contributed by atoms with van der Waals surface area (Å²) < 4.78 is 28.1. The van der Waals surface area contributed by atoms with Crippen molar-refractivity contribution in [2.24, 2.45) is 10.9 Å². The van der Waals surface area contributed by atoms with Crippen molar-refractivity contribution in [3.8, 4) is 28.0 Å². The molecule has 3 aromatic rings. The van der Waals surface area contributed by atoms with Crippen LogP contribution in [0.5, 0.6) is 5.75 Å². The maximum atomic E-state index is 14.2. The van der Waals surface area contributed by atoms with Crippen LogP contribution in [0.1, 0.15) is 11.1 Å². The molecule has 0 heterocycles. The van der Waals surface area contributed by atoms with Crippen molar-refractivity contribution < 1.29 is 19.1 Å². The van der Waals surface area contributed by atoms with Crippen LogP contribution in [0.4, 0.5) is 8.78 Å². The molecule has 0 fully saturated rings. The third-order valence-electron chi connectivity index (χ3n) is 4.13. The standard InChI is InChI=1S/C20H16F2N2O2/c1-11-2-5-13(21)8-16(11)19-17(12-3-6-15(25)7-4-12)9-14(22)10-18(19)20(23)24-26/h2-10,25-26H,1H3,(H2,23,24). The summed E-state index contributed by atoms with van der Waals surface area (Å²) in [5.74, 6) is -1.28. The molecule has 0 aliphatic carbocycles. The lowest BCUT2D eigenvalue weighted by Crippen LogP contribution is -2.15. The molecule has 0 spiro atoms. The number of amidine groups is 1. The molecule has 0 aliphatic rings. The van der Waals surface area contributed by atoms with Crippen molar-refractivity contribution >= 4 is 5.84 Å². The van der Waals surface area contributed by atoms with Crippen LogP contribution in [0, 0.1) is 18.6 Å². The van der Waals surface area contributed by atoms with E-state index in [0.717, 1.165) is 11.6 Å². The first-order chi connectivity index (χ1) is 12.4. The van der Waals surface area contributed by atoms with E-state index < -0.39 is 11.6 Å². The second-order valence-corrected chi connectivity index (χ2v) is 5.87. The van der Waals surface area contributed by atoms with E-state index in [1.807, 2.05) is 0 Å². The highest BCUT2D eigenvalue weighted by molar-refractivity contribution is 6.07. The lowest BCUT2D eigenvalue weighted by Gasteiger charge is -2.17. The van der Waals surface area contributed by atoms with Gasteiger partial charge in [0.1, 0.15) is 17.4 Å². The predicted octanol–water partition coefficient (Wildman–Crippen LogP) is 4.41. The Labute approximate surface area is 148 Å². The first kappa shape index (κ1) is 17.4. The average Bonchev–Trinajstić information content (AvgIpc) is 2.63. The highest BCUT2D eigenvalue weighted by atomic mass is 19.1. The maximum absolute atomic E-state index is 14.2. The maximum Gasteiger partial charge on any atom is 0.170 e. The molecule has 0 unspecified atom stereocenters. The predicted molar refractivity (Wildman–Crippen MR) is 96.1 cm³/mol. The number of hydrogen-bond acceptors (Lipinski definition) is 3. The number of nitrogens with two attached hydrogens (primary N) is 1. The van der Waals surface area contributed by atoms with E-state index in [1.165, 1.54) is 30.3 Å². The third kappa shape index (κ3) is 3.21. The molecule has 0 amide bonds. The monoisotopic (exact) mass is 354 g/mol. The average molecular weight is 354 g/mol. The van der Waals surface area contributed by atoms with Gasteiger partial charge in [0.05, 0.1) is 0 Å². The highest BCUT2D eigenvalue weighted by Gasteiger charge is 2.19. The van der Waals surface area contributed by atoms with Gasteiger partial charge >= 0.3 is 0 Å². The second-order valence-electron chi connectivity index (χ2n) is 5.87. The number of benzene rings is 3. The Balaban J connectivity index is 2.42. The van der Waals surface area contributed by atoms with E-state index >= 15 is 0 Å². The molecule has 0 atom stereocenters. The fourth-order valence-electron chi connectivity index (χ4n) is 2.89. The molecule has 3 aromatic carbocycles. The first-order valence-corrected chi connectivity index (χ1v) is 7.78. The third-order valence-corrected chi connectivity index (χ3v) is 4.13. The SMILES string of the molecule is Cc1ccc(F)cc1-c1c(/C(N)=N/O)cc(F)cc1-c1ccc(O)cc1. The first-order valence-electron chi connectivity index (χ1n) is 7.78. The van der Waals surface area contributed by atoms with Gasteiger partial charge in [0.25, 0.3) is 0 Å². The number of oxime groups is 1. The molecule has 4 N–H and O–H groups in total. The number of aryl methyl sites for hydroxylation is 1. The minimum atomic E-state index is -0.590. The number of nitrogens with zero attached hydrogens (tertiary/aromatic N) is 1. The molecule has 0 aromatic heterocycles. The van der Waals surface area contributed by atoms with E-state index in [1.54, 1.807) is 25.1 Å². The number of hydrogen-bond donors (Lipinski definition) is 3. The zero-order valence-electron chi connectivity index (χ0n) is 13.9. The van der Waals surface area contributed by atoms with Crippen LogP contribution in [0.15, 0.2) is 59.8 Å². The largest absolute Gasteiger partial charge is 0.508 e. The molecule has 0 saturated carbocycles. The molecule has 0 aliphatic heterocycles. The topological polar surface area (TPSA) is 78.8 Å². The minimum Gasteiger partial charge on any atom is -0.508 e. The van der Waals surface area contributed by atoms with Gasteiger partial charge in [0.15, 0.2) is 5.84 Å². The van der Waals surface area contributed by atoms with Gasteiger partial charge in [0.2, 0.25) is 0 Å². The molecule has 132 valence electrons. The van der Waals surface area contributed by atoms with Crippen molar-refractivity contribution in [1.82, 2.24) is 0 Å². The van der Waals surface area contributed by atoms with E-state index in [9.17, 15) is 13.9 Å². The Morgan fingerprint density at radius 2 is 1.58 bits per heavy atom. The summed E-state index contributed by atoms with van der Waals surface area (Å²) in [7, 11) is 0. The van der Waals surface area contributed by atoms with Gasteiger partial charge in [-0.25, -0.2) is 8.78 Å². The summed E-state index contributed by atoms with van der Waals surface area (Å²) >= 11 is 0. The van der Waals surface area contributed by atoms with Crippen LogP contribution in [-0.2, 0) is 0 Å². The molecular weight excluding hydrogens is 338 g/mol. The Morgan fingerprint density at radius 3 is 2.23 bits per heavy atom. The molecule has 3 rings (SSSR count). The van der Waals surface area contributed by atoms with Crippen molar-refractivity contribution in [3.63, 3.8) is 0 Å². The zero-order valence-corrected chi connectivity index (χ0v) is 13.9. The van der Waals surface area contributed by atoms with Crippen LogP contribution in [0.3, 0.4) is 0 Å². The zero-order chi connectivity index (χ0) is 18.8. The fourth-order valence-corrected chi connectivity index (χ4v) is 2.89. The second kappa shape index (κ2) is 6.84. The van der Waals surface area contributed by atoms with Gasteiger partial charge in [-0.2, -0.15) is 0 Å². The molecule has 26 heavy (non-hydrogen) atoms. The smallest absolute Gasteiger partial charge is 0.170 e. The fraction of sp³-hybridized carbons (Fsp3) is 0.0500. The van der Waals surface area contributed by atoms with Crippen molar-refractivity contribution in [3.05, 3.63) is 77.4 Å². The molecule has 0 saturated heterocycles. The summed E-state index contributed by atoms with van der Waals surface area (Å²) in [6.45, 7) is 1.79. The Kier molecular flexibility index (Phi) is 4.58. The number of phenols is 1. The van der Waals surface area contributed by atoms with Gasteiger partial charge in [-0.05, 0) is 65.6 Å². The van der Waals surface area contributed by atoms with Crippen molar-refractivity contribution in [2.45, 2.75) is 6.92 Å².